The van der Waals surface area contributed by atoms with Crippen LogP contribution in [-0.2, 0) is 21.0 Å². The van der Waals surface area contributed by atoms with Gasteiger partial charge in [0.2, 0.25) is 9.79 Å². The summed E-state index contributed by atoms with van der Waals surface area (Å²) in [7, 11) is -7.82. The first-order valence-corrected chi connectivity index (χ1v) is 14.5. The molecule has 1 heterocycles. The quantitative estimate of drug-likeness (QED) is 0.117. The topological polar surface area (TPSA) is 102 Å². The van der Waals surface area contributed by atoms with Gasteiger partial charge in [-0.15, -0.1) is 0 Å². The van der Waals surface area contributed by atoms with Crippen LogP contribution in [0, 0.1) is 0 Å². The van der Waals surface area contributed by atoms with Crippen LogP contribution in [0.5, 0.6) is 23.0 Å². The van der Waals surface area contributed by atoms with Crippen LogP contribution in [0.3, 0.4) is 0 Å². The average Bonchev–Trinajstić information content (AvgIpc) is 2.91. The molecule has 0 spiro atoms. The molecule has 0 bridgehead atoms. The van der Waals surface area contributed by atoms with E-state index in [9.17, 15) is 61.8 Å². The van der Waals surface area contributed by atoms with Gasteiger partial charge in [0.15, 0.2) is 16.4 Å². The molecule has 246 valence electrons. The third-order valence-electron chi connectivity index (χ3n) is 6.07. The second-order valence-corrected chi connectivity index (χ2v) is 12.6. The molecule has 2 N–H and O–H groups in total. The molecule has 2 atom stereocenters. The highest BCUT2D eigenvalue weighted by molar-refractivity contribution is 7.97. The van der Waals surface area contributed by atoms with E-state index in [1.54, 1.807) is 12.1 Å². The van der Waals surface area contributed by atoms with Crippen molar-refractivity contribution in [2.24, 2.45) is 0 Å². The number of benzene rings is 3. The molecule has 7 nitrogen and oxygen atoms in total. The summed E-state index contributed by atoms with van der Waals surface area (Å²) in [6.07, 6.45) is -22.5. The molecule has 1 aliphatic heterocycles. The van der Waals surface area contributed by atoms with Gasteiger partial charge in [0, 0.05) is 12.1 Å². The van der Waals surface area contributed by atoms with Gasteiger partial charge < -0.3 is 19.3 Å². The zero-order chi connectivity index (χ0) is 33.8. The minimum atomic E-state index is -6.58. The van der Waals surface area contributed by atoms with E-state index in [4.69, 9.17) is 9.29 Å². The Morgan fingerprint density at radius 1 is 0.756 bits per heavy atom. The SMILES string of the molecule is O=S(=O)(O)C(F)(F)C(Oc1ccc2c(c1)Oc1ccccc1[S+]2c1ccc(OCC(O)(C(F)(F)F)C(F)(F)F)cc1)C(F)(F)F. The van der Waals surface area contributed by atoms with Gasteiger partial charge in [0.1, 0.15) is 29.0 Å². The number of rotatable bonds is 8. The lowest BCUT2D eigenvalue weighted by atomic mass is 10.0. The van der Waals surface area contributed by atoms with Crippen LogP contribution >= 0.6 is 0 Å². The molecule has 0 saturated carbocycles. The Hall–Kier alpha value is -3.49. The van der Waals surface area contributed by atoms with Crippen molar-refractivity contribution in [2.45, 2.75) is 50.2 Å². The third-order valence-corrected chi connectivity index (χ3v) is 9.27. The number of aliphatic hydroxyl groups is 1. The number of alkyl halides is 11. The van der Waals surface area contributed by atoms with Crippen molar-refractivity contribution >= 4 is 21.0 Å². The molecule has 3 aromatic rings. The fourth-order valence-electron chi connectivity index (χ4n) is 3.79. The average molecular weight is 702 g/mol. The van der Waals surface area contributed by atoms with Crippen LogP contribution in [0.1, 0.15) is 0 Å². The van der Waals surface area contributed by atoms with Crippen molar-refractivity contribution in [1.82, 2.24) is 0 Å². The molecule has 45 heavy (non-hydrogen) atoms. The number of para-hydroxylation sites is 1. The first kappa shape index (κ1) is 34.4. The van der Waals surface area contributed by atoms with E-state index in [0.717, 1.165) is 30.3 Å². The largest absolute Gasteiger partial charge is 0.490 e. The van der Waals surface area contributed by atoms with Crippen molar-refractivity contribution in [2.75, 3.05) is 6.61 Å². The molecule has 2 unspecified atom stereocenters. The Labute approximate surface area is 248 Å². The van der Waals surface area contributed by atoms with Crippen molar-refractivity contribution < 1.29 is 80.6 Å². The summed E-state index contributed by atoms with van der Waals surface area (Å²) in [6, 6.07) is 13.1. The Morgan fingerprint density at radius 2 is 1.29 bits per heavy atom. The molecule has 1 aliphatic rings. The van der Waals surface area contributed by atoms with E-state index in [1.807, 2.05) is 0 Å². The fourth-order valence-corrected chi connectivity index (χ4v) is 6.42. The van der Waals surface area contributed by atoms with Gasteiger partial charge in [-0.1, -0.05) is 12.1 Å². The first-order valence-electron chi connectivity index (χ1n) is 11.8. The highest BCUT2D eigenvalue weighted by Gasteiger charge is 2.71. The maximum Gasteiger partial charge on any atom is 0.432 e. The molecule has 20 heteroatoms. The second kappa shape index (κ2) is 11.4. The Kier molecular flexibility index (Phi) is 8.70. The van der Waals surface area contributed by atoms with Gasteiger partial charge >= 0.3 is 33.9 Å². The maximum absolute atomic E-state index is 14.0. The maximum atomic E-state index is 14.0. The highest BCUT2D eigenvalue weighted by Crippen LogP contribution is 2.49. The highest BCUT2D eigenvalue weighted by atomic mass is 32.2. The number of fused-ring (bicyclic) bond motifs is 2. The lowest BCUT2D eigenvalue weighted by molar-refractivity contribution is -0.373. The summed E-state index contributed by atoms with van der Waals surface area (Å²) < 4.78 is 191. The smallest absolute Gasteiger partial charge is 0.432 e. The van der Waals surface area contributed by atoms with Crippen LogP contribution in [0.15, 0.2) is 81.4 Å². The van der Waals surface area contributed by atoms with Crippen molar-refractivity contribution in [3.8, 4) is 23.0 Å². The van der Waals surface area contributed by atoms with Gasteiger partial charge in [-0.3, -0.25) is 4.55 Å². The van der Waals surface area contributed by atoms with Gasteiger partial charge in [-0.25, -0.2) is 0 Å². The number of halogens is 11. The molecule has 4 rings (SSSR count). The Bertz CT molecular complexity index is 1640. The van der Waals surface area contributed by atoms with E-state index in [2.05, 4.69) is 9.47 Å². The van der Waals surface area contributed by atoms with Crippen LogP contribution < -0.4 is 14.2 Å². The molecule has 3 aromatic carbocycles. The lowest BCUT2D eigenvalue weighted by Crippen LogP contribution is -2.60. The van der Waals surface area contributed by atoms with E-state index >= 15 is 0 Å². The van der Waals surface area contributed by atoms with Gasteiger partial charge in [-0.2, -0.15) is 56.7 Å². The monoisotopic (exact) mass is 701 g/mol. The summed E-state index contributed by atoms with van der Waals surface area (Å²) in [4.78, 5) is 0.964. The second-order valence-electron chi connectivity index (χ2n) is 9.16. The van der Waals surface area contributed by atoms with Crippen molar-refractivity contribution in [1.29, 1.82) is 0 Å². The van der Waals surface area contributed by atoms with Crippen molar-refractivity contribution in [3.05, 3.63) is 66.7 Å². The molecule has 0 radical (unpaired) electrons. The number of hydrogen-bond donors (Lipinski definition) is 2. The normalized spacial score (nSPS) is 16.7. The zero-order valence-corrected chi connectivity index (χ0v) is 23.2. The summed E-state index contributed by atoms with van der Waals surface area (Å²) >= 11 is 0. The first-order chi connectivity index (χ1) is 20.5. The zero-order valence-electron chi connectivity index (χ0n) is 21.5. The van der Waals surface area contributed by atoms with Gasteiger partial charge in [0.25, 0.3) is 11.7 Å². The van der Waals surface area contributed by atoms with Crippen LogP contribution in [0.4, 0.5) is 48.3 Å². The Balaban J connectivity index is 1.68. The molecular weight excluding hydrogens is 685 g/mol. The molecule has 0 aliphatic carbocycles. The summed E-state index contributed by atoms with van der Waals surface area (Å²) in [5.41, 5.74) is -5.17. The summed E-state index contributed by atoms with van der Waals surface area (Å²) in [5.74, 6) is -1.57. The minimum Gasteiger partial charge on any atom is -0.490 e. The third kappa shape index (κ3) is 6.59. The molecule has 0 aromatic heterocycles. The van der Waals surface area contributed by atoms with E-state index in [1.165, 1.54) is 24.3 Å². The predicted molar refractivity (Wildman–Crippen MR) is 131 cm³/mol. The minimum absolute atomic E-state index is 0.113. The standard InChI is InChI=1S/C25H15F11O7S2/c26-22(27,28)20(23(29,30)45(38,39)40)42-14-7-10-19-17(11-14)43-16-3-1-2-4-18(16)44(19)15-8-5-13(6-9-15)41-12-21(37,24(31,32)33)25(34,35)36/h1-11,20,37H,12H2/p+1. The van der Waals surface area contributed by atoms with E-state index < -0.39 is 74.6 Å². The fraction of sp³-hybridized carbons (Fsp3) is 0.280. The van der Waals surface area contributed by atoms with Crippen LogP contribution in [0.25, 0.3) is 0 Å². The van der Waals surface area contributed by atoms with Gasteiger partial charge in [0.05, 0.1) is 0 Å². The molecular formula is C25H16F11O7S2+. The van der Waals surface area contributed by atoms with E-state index in [-0.39, 0.29) is 16.4 Å². The van der Waals surface area contributed by atoms with Crippen LogP contribution in [-0.4, -0.2) is 60.2 Å². The molecule has 0 saturated heterocycles. The van der Waals surface area contributed by atoms with Crippen LogP contribution in [0.2, 0.25) is 0 Å². The number of hydrogen-bond acceptors (Lipinski definition) is 6. The summed E-state index contributed by atoms with van der Waals surface area (Å²) in [5, 5.41) is 3.48. The van der Waals surface area contributed by atoms with Crippen molar-refractivity contribution in [3.63, 3.8) is 0 Å². The Morgan fingerprint density at radius 3 is 1.82 bits per heavy atom. The van der Waals surface area contributed by atoms with E-state index in [0.29, 0.717) is 9.79 Å². The predicted octanol–water partition coefficient (Wildman–Crippen LogP) is 6.91. The lowest BCUT2D eigenvalue weighted by Gasteiger charge is -2.31. The number of ether oxygens (including phenoxy) is 3. The molecule has 0 amide bonds. The summed E-state index contributed by atoms with van der Waals surface area (Å²) in [6.45, 7) is -2.22. The molecule has 0 fully saturated rings. The van der Waals surface area contributed by atoms with Gasteiger partial charge in [-0.05, 0) is 42.5 Å².